The molecular weight excluding hydrogens is 96.2 g/mol. The fourth-order valence-corrected chi connectivity index (χ4v) is 2.04. The van der Waals surface area contributed by atoms with Crippen LogP contribution in [-0.4, -0.2) is 9.12 Å². The van der Waals surface area contributed by atoms with Crippen molar-refractivity contribution in [2.24, 2.45) is 0 Å². The van der Waals surface area contributed by atoms with Crippen molar-refractivity contribution in [3.8, 4) is 0 Å². The molecular formula is C3H4SSi. The minimum absolute atomic E-state index is 0.583. The molecule has 0 N–H and O–H groups in total. The Morgan fingerprint density at radius 2 is 2.60 bits per heavy atom. The molecule has 0 aliphatic carbocycles. The quantitative estimate of drug-likeness (QED) is 0.423. The molecule has 0 unspecified atom stereocenters. The van der Waals surface area contributed by atoms with Crippen molar-refractivity contribution in [1.29, 1.82) is 0 Å². The molecule has 1 aromatic rings. The lowest BCUT2D eigenvalue weighted by Crippen LogP contribution is -1.41. The first-order chi connectivity index (χ1) is 2.50. The fraction of sp³-hybridized carbons (Fsp3) is 0. The van der Waals surface area contributed by atoms with Crippen molar-refractivity contribution in [2.75, 3.05) is 0 Å². The van der Waals surface area contributed by atoms with Crippen molar-refractivity contribution in [3.05, 3.63) is 16.0 Å². The van der Waals surface area contributed by atoms with Crippen LogP contribution in [0.15, 0.2) is 16.0 Å². The molecule has 0 radical (unpaired) electrons. The monoisotopic (exact) mass is 100.0 g/mol. The van der Waals surface area contributed by atoms with Gasteiger partial charge in [-0.25, -0.2) is 0 Å². The SMILES string of the molecule is c1csc[siH]1. The van der Waals surface area contributed by atoms with Crippen molar-refractivity contribution >= 4 is 20.5 Å². The zero-order valence-electron chi connectivity index (χ0n) is 2.72. The van der Waals surface area contributed by atoms with Crippen LogP contribution in [0, 0.1) is 0 Å². The molecule has 5 heavy (non-hydrogen) atoms. The summed E-state index contributed by atoms with van der Waals surface area (Å²) in [5, 5.41) is 2.13. The maximum absolute atomic E-state index is 2.25. The lowest BCUT2D eigenvalue weighted by molar-refractivity contribution is 2.36. The minimum Gasteiger partial charge on any atom is -0.158 e. The smallest absolute Gasteiger partial charge is 0.0336 e. The molecule has 1 heterocycles. The Morgan fingerprint density at radius 1 is 1.60 bits per heavy atom. The van der Waals surface area contributed by atoms with E-state index in [0.717, 1.165) is 0 Å². The van der Waals surface area contributed by atoms with Gasteiger partial charge in [0, 0.05) is 9.12 Å². The molecule has 0 amide bonds. The Morgan fingerprint density at radius 3 is 2.80 bits per heavy atom. The van der Waals surface area contributed by atoms with E-state index < -0.39 is 0 Å². The van der Waals surface area contributed by atoms with E-state index in [0.29, 0.717) is 9.12 Å². The molecule has 1 rings (SSSR count). The Balaban J connectivity index is 3.13. The lowest BCUT2D eigenvalue weighted by Gasteiger charge is -1.40. The van der Waals surface area contributed by atoms with Gasteiger partial charge in [0.2, 0.25) is 0 Å². The molecule has 0 bridgehead atoms. The van der Waals surface area contributed by atoms with Crippen LogP contribution in [0.5, 0.6) is 0 Å². The summed E-state index contributed by atoms with van der Waals surface area (Å²) in [6.07, 6.45) is 0. The van der Waals surface area contributed by atoms with Crippen LogP contribution in [-0.2, 0) is 0 Å². The predicted molar refractivity (Wildman–Crippen MR) is 27.1 cm³/mol. The fourth-order valence-electron chi connectivity index (χ4n) is 0.227. The third-order valence-corrected chi connectivity index (χ3v) is 2.69. The molecule has 26 valence electrons. The van der Waals surface area contributed by atoms with Gasteiger partial charge in [0.25, 0.3) is 0 Å². The van der Waals surface area contributed by atoms with Crippen LogP contribution in [0.4, 0.5) is 0 Å². The number of hydrogen-bond donors (Lipinski definition) is 0. The summed E-state index contributed by atoms with van der Waals surface area (Å²) in [6, 6.07) is 0. The van der Waals surface area contributed by atoms with Crippen molar-refractivity contribution in [2.45, 2.75) is 0 Å². The third kappa shape index (κ3) is 0.666. The second-order valence-electron chi connectivity index (χ2n) is 0.793. The molecule has 0 nitrogen and oxygen atoms in total. The number of rotatable bonds is 0. The van der Waals surface area contributed by atoms with Gasteiger partial charge in [0.15, 0.2) is 0 Å². The topological polar surface area (TPSA) is 0 Å². The maximum Gasteiger partial charge on any atom is 0.0336 e. The summed E-state index contributed by atoms with van der Waals surface area (Å²) in [6.45, 7) is 0. The van der Waals surface area contributed by atoms with Gasteiger partial charge in [0.05, 0.1) is 0 Å². The number of hydrogen-bond acceptors (Lipinski definition) is 1. The zero-order chi connectivity index (χ0) is 3.54. The van der Waals surface area contributed by atoms with E-state index in [1.165, 1.54) is 0 Å². The summed E-state index contributed by atoms with van der Waals surface area (Å²) in [4.78, 5) is 2.25. The van der Waals surface area contributed by atoms with Gasteiger partial charge in [-0.15, -0.1) is 0 Å². The Bertz CT molecular complexity index is 63.4. The van der Waals surface area contributed by atoms with Crippen molar-refractivity contribution in [1.82, 2.24) is 0 Å². The zero-order valence-corrected chi connectivity index (χ0v) is 4.69. The molecule has 1 aromatic heterocycles. The minimum atomic E-state index is 0.583. The predicted octanol–water partition coefficient (Wildman–Crippen LogP) is 0.818. The normalized spacial score (nSPS) is 8.00. The second-order valence-corrected chi connectivity index (χ2v) is 3.20. The Hall–Kier alpha value is 0.0469. The summed E-state index contributed by atoms with van der Waals surface area (Å²) >= 11 is 1.81. The van der Waals surface area contributed by atoms with Gasteiger partial charge in [0.1, 0.15) is 0 Å². The van der Waals surface area contributed by atoms with Crippen molar-refractivity contribution in [3.63, 3.8) is 0 Å². The van der Waals surface area contributed by atoms with Crippen LogP contribution < -0.4 is 0 Å². The first kappa shape index (κ1) is 3.25. The van der Waals surface area contributed by atoms with E-state index in [9.17, 15) is 0 Å². The van der Waals surface area contributed by atoms with E-state index in [2.05, 4.69) is 16.0 Å². The average Bonchev–Trinajstić information content (AvgIpc) is 1.76. The van der Waals surface area contributed by atoms with Gasteiger partial charge >= 0.3 is 0 Å². The van der Waals surface area contributed by atoms with Gasteiger partial charge in [-0.2, -0.15) is 11.3 Å². The van der Waals surface area contributed by atoms with Crippen LogP contribution >= 0.6 is 11.3 Å². The van der Waals surface area contributed by atoms with Gasteiger partial charge in [-0.3, -0.25) is 0 Å². The van der Waals surface area contributed by atoms with E-state index in [1.807, 2.05) is 0 Å². The van der Waals surface area contributed by atoms with Crippen LogP contribution in [0.25, 0.3) is 0 Å². The third-order valence-electron chi connectivity index (χ3n) is 0.425. The standard InChI is InChI=1S/C3H4SSi/c1-2-5-3-4-1/h1-3,5H. The highest BCUT2D eigenvalue weighted by Gasteiger charge is 1.59. The van der Waals surface area contributed by atoms with Gasteiger partial charge < -0.3 is 0 Å². The molecule has 0 aromatic carbocycles. The van der Waals surface area contributed by atoms with Gasteiger partial charge in [-0.05, 0) is 10.4 Å². The molecule has 0 atom stereocenters. The summed E-state index contributed by atoms with van der Waals surface area (Å²) in [5.41, 5.74) is 2.23. The largest absolute Gasteiger partial charge is 0.158 e. The van der Waals surface area contributed by atoms with Crippen LogP contribution in [0.1, 0.15) is 0 Å². The highest BCUT2D eigenvalue weighted by Crippen LogP contribution is 1.85. The maximum atomic E-state index is 2.25. The van der Waals surface area contributed by atoms with Gasteiger partial charge in [-0.1, -0.05) is 5.68 Å². The summed E-state index contributed by atoms with van der Waals surface area (Å²) in [7, 11) is 0.583. The Labute approximate surface area is 37.2 Å². The lowest BCUT2D eigenvalue weighted by atomic mass is 11.2. The van der Waals surface area contributed by atoms with Crippen LogP contribution in [0.3, 0.4) is 0 Å². The summed E-state index contributed by atoms with van der Waals surface area (Å²) in [5.74, 6) is 0. The first-order valence-electron chi connectivity index (χ1n) is 1.47. The highest BCUT2D eigenvalue weighted by atomic mass is 32.1. The second kappa shape index (κ2) is 1.47. The molecule has 2 heteroatoms. The molecule has 0 spiro atoms. The molecule has 0 aliphatic heterocycles. The highest BCUT2D eigenvalue weighted by molar-refractivity contribution is 7.10. The van der Waals surface area contributed by atoms with E-state index in [4.69, 9.17) is 0 Å². The Kier molecular flexibility index (Phi) is 0.957. The van der Waals surface area contributed by atoms with Crippen LogP contribution in [0.2, 0.25) is 0 Å². The van der Waals surface area contributed by atoms with Crippen molar-refractivity contribution < 1.29 is 0 Å². The molecule has 0 aliphatic rings. The average molecular weight is 100 g/mol. The van der Waals surface area contributed by atoms with E-state index in [1.54, 1.807) is 11.3 Å². The summed E-state index contributed by atoms with van der Waals surface area (Å²) < 4.78 is 0. The molecule has 0 fully saturated rings. The van der Waals surface area contributed by atoms with E-state index >= 15 is 0 Å². The molecule has 0 saturated heterocycles. The first-order valence-corrected chi connectivity index (χ1v) is 3.75. The van der Waals surface area contributed by atoms with E-state index in [-0.39, 0.29) is 0 Å². The molecule has 0 saturated carbocycles.